The minimum atomic E-state index is -0.246. The van der Waals surface area contributed by atoms with Gasteiger partial charge in [-0.3, -0.25) is 4.79 Å². The van der Waals surface area contributed by atoms with Crippen LogP contribution < -0.4 is 11.1 Å². The Hall–Kier alpha value is -0.660. The summed E-state index contributed by atoms with van der Waals surface area (Å²) in [5.74, 6) is 4.44. The smallest absolute Gasteiger partial charge is 0.235 e. The molecule has 0 radical (unpaired) electrons. The Kier molecular flexibility index (Phi) is 3.18. The van der Waals surface area contributed by atoms with E-state index in [4.69, 9.17) is 12.2 Å². The van der Waals surface area contributed by atoms with Gasteiger partial charge in [-0.25, -0.2) is 0 Å². The molecule has 2 aliphatic rings. The van der Waals surface area contributed by atoms with E-state index >= 15 is 0 Å². The zero-order chi connectivity index (χ0) is 11.8. The first-order valence-electron chi connectivity index (χ1n) is 5.64. The summed E-state index contributed by atoms with van der Waals surface area (Å²) in [6, 6.07) is -0.208. The van der Waals surface area contributed by atoms with Gasteiger partial charge in [0, 0.05) is 11.3 Å². The Balaban J connectivity index is 2.12. The van der Waals surface area contributed by atoms with Crippen LogP contribution in [0.1, 0.15) is 12.8 Å². The molecule has 3 nitrogen and oxygen atoms in total. The standard InChI is InChI=1S/C12H18N2OS/c1-3-8(4-5-16-2)12-6-9(12)7-14-10(12)11(13)15/h1,8-10,14H,4-7H2,2H3,(H2,13,15)/t8-,9?,10?,12?/m1/s1. The molecule has 1 saturated carbocycles. The molecule has 2 fully saturated rings. The van der Waals surface area contributed by atoms with Gasteiger partial charge in [-0.2, -0.15) is 11.8 Å². The second-order valence-electron chi connectivity index (χ2n) is 4.76. The summed E-state index contributed by atoms with van der Waals surface area (Å²) in [6.07, 6.45) is 9.76. The van der Waals surface area contributed by atoms with Crippen LogP contribution in [0.15, 0.2) is 0 Å². The SMILES string of the molecule is C#C[C@H](CCSC)C12CC1CNC2C(N)=O. The second kappa shape index (κ2) is 4.31. The molecular weight excluding hydrogens is 220 g/mol. The van der Waals surface area contributed by atoms with Crippen molar-refractivity contribution in [1.29, 1.82) is 0 Å². The number of thioether (sulfide) groups is 1. The molecule has 16 heavy (non-hydrogen) atoms. The normalized spacial score (nSPS) is 37.5. The van der Waals surface area contributed by atoms with Crippen LogP contribution >= 0.6 is 11.8 Å². The van der Waals surface area contributed by atoms with Gasteiger partial charge >= 0.3 is 0 Å². The van der Waals surface area contributed by atoms with E-state index in [9.17, 15) is 4.79 Å². The largest absolute Gasteiger partial charge is 0.368 e. The van der Waals surface area contributed by atoms with Crippen LogP contribution in [-0.4, -0.2) is 30.5 Å². The summed E-state index contributed by atoms with van der Waals surface area (Å²) >= 11 is 1.80. The molecule has 1 heterocycles. The summed E-state index contributed by atoms with van der Waals surface area (Å²) < 4.78 is 0. The van der Waals surface area contributed by atoms with Crippen molar-refractivity contribution in [2.75, 3.05) is 18.6 Å². The number of nitrogens with two attached hydrogens (primary N) is 1. The molecule has 0 aromatic heterocycles. The molecule has 0 aromatic rings. The molecule has 1 saturated heterocycles. The van der Waals surface area contributed by atoms with Crippen molar-refractivity contribution >= 4 is 17.7 Å². The highest BCUT2D eigenvalue weighted by Gasteiger charge is 2.67. The van der Waals surface area contributed by atoms with Gasteiger partial charge in [0.05, 0.1) is 6.04 Å². The number of primary amides is 1. The topological polar surface area (TPSA) is 55.1 Å². The third-order valence-corrected chi connectivity index (χ3v) is 4.69. The average molecular weight is 238 g/mol. The zero-order valence-electron chi connectivity index (χ0n) is 9.53. The molecule has 4 atom stereocenters. The van der Waals surface area contributed by atoms with E-state index in [0.717, 1.165) is 25.1 Å². The number of amides is 1. The highest BCUT2D eigenvalue weighted by Crippen LogP contribution is 2.63. The van der Waals surface area contributed by atoms with Crippen molar-refractivity contribution in [1.82, 2.24) is 5.32 Å². The van der Waals surface area contributed by atoms with E-state index in [0.29, 0.717) is 5.92 Å². The van der Waals surface area contributed by atoms with Crippen LogP contribution in [0.2, 0.25) is 0 Å². The highest BCUT2D eigenvalue weighted by atomic mass is 32.2. The summed E-state index contributed by atoms with van der Waals surface area (Å²) in [5.41, 5.74) is 5.43. The van der Waals surface area contributed by atoms with Crippen molar-refractivity contribution in [3.05, 3.63) is 0 Å². The first kappa shape index (κ1) is 11.8. The molecule has 0 aromatic carbocycles. The lowest BCUT2D eigenvalue weighted by Crippen LogP contribution is -2.46. The molecule has 1 aliphatic carbocycles. The van der Waals surface area contributed by atoms with E-state index in [-0.39, 0.29) is 23.3 Å². The number of nitrogens with one attached hydrogen (secondary N) is 1. The summed E-state index contributed by atoms with van der Waals surface area (Å²) in [6.45, 7) is 0.894. The Labute approximate surface area is 101 Å². The fourth-order valence-electron chi connectivity index (χ4n) is 3.17. The summed E-state index contributed by atoms with van der Waals surface area (Å²) in [7, 11) is 0. The van der Waals surface area contributed by atoms with Crippen LogP contribution in [0, 0.1) is 29.6 Å². The van der Waals surface area contributed by atoms with Crippen LogP contribution in [-0.2, 0) is 4.79 Å². The van der Waals surface area contributed by atoms with Crippen LogP contribution in [0.3, 0.4) is 0 Å². The number of terminal acetylenes is 1. The first-order valence-corrected chi connectivity index (χ1v) is 7.04. The number of rotatable bonds is 5. The number of piperidine rings is 1. The summed E-state index contributed by atoms with van der Waals surface area (Å²) in [4.78, 5) is 11.4. The van der Waals surface area contributed by atoms with Gasteiger partial charge in [-0.15, -0.1) is 12.3 Å². The van der Waals surface area contributed by atoms with Gasteiger partial charge in [-0.1, -0.05) is 0 Å². The van der Waals surface area contributed by atoms with E-state index in [1.165, 1.54) is 0 Å². The monoisotopic (exact) mass is 238 g/mol. The maximum Gasteiger partial charge on any atom is 0.235 e. The number of hydrogen-bond donors (Lipinski definition) is 2. The molecule has 2 rings (SSSR count). The van der Waals surface area contributed by atoms with Crippen LogP contribution in [0.4, 0.5) is 0 Å². The molecule has 4 heteroatoms. The Morgan fingerprint density at radius 3 is 3.06 bits per heavy atom. The molecule has 3 N–H and O–H groups in total. The van der Waals surface area contributed by atoms with E-state index < -0.39 is 0 Å². The molecule has 0 bridgehead atoms. The van der Waals surface area contributed by atoms with Gasteiger partial charge in [0.1, 0.15) is 0 Å². The van der Waals surface area contributed by atoms with Gasteiger partial charge in [0.15, 0.2) is 0 Å². The quantitative estimate of drug-likeness (QED) is 0.684. The minimum absolute atomic E-state index is 0.0175. The number of carbonyl (C=O) groups is 1. The van der Waals surface area contributed by atoms with Crippen molar-refractivity contribution in [3.63, 3.8) is 0 Å². The fraction of sp³-hybridized carbons (Fsp3) is 0.750. The second-order valence-corrected chi connectivity index (χ2v) is 5.74. The summed E-state index contributed by atoms with van der Waals surface area (Å²) in [5, 5.41) is 3.21. The lowest BCUT2D eigenvalue weighted by Gasteiger charge is -2.26. The predicted molar refractivity (Wildman–Crippen MR) is 66.8 cm³/mol. The van der Waals surface area contributed by atoms with Gasteiger partial charge in [0.2, 0.25) is 5.91 Å². The van der Waals surface area contributed by atoms with Gasteiger partial charge < -0.3 is 11.1 Å². The zero-order valence-corrected chi connectivity index (χ0v) is 10.3. The van der Waals surface area contributed by atoms with E-state index in [2.05, 4.69) is 17.5 Å². The fourth-order valence-corrected chi connectivity index (χ4v) is 3.64. The average Bonchev–Trinajstić information content (AvgIpc) is 2.85. The minimum Gasteiger partial charge on any atom is -0.368 e. The lowest BCUT2D eigenvalue weighted by molar-refractivity contribution is -0.121. The molecule has 1 aliphatic heterocycles. The van der Waals surface area contributed by atoms with Crippen molar-refractivity contribution in [2.45, 2.75) is 18.9 Å². The molecular formula is C12H18N2OS. The van der Waals surface area contributed by atoms with Crippen LogP contribution in [0.25, 0.3) is 0 Å². The van der Waals surface area contributed by atoms with Crippen molar-refractivity contribution in [3.8, 4) is 12.3 Å². The van der Waals surface area contributed by atoms with Crippen molar-refractivity contribution in [2.24, 2.45) is 23.0 Å². The van der Waals surface area contributed by atoms with E-state index in [1.807, 2.05) is 0 Å². The van der Waals surface area contributed by atoms with E-state index in [1.54, 1.807) is 11.8 Å². The highest BCUT2D eigenvalue weighted by molar-refractivity contribution is 7.98. The van der Waals surface area contributed by atoms with Crippen molar-refractivity contribution < 1.29 is 4.79 Å². The number of carbonyl (C=O) groups excluding carboxylic acids is 1. The molecule has 0 spiro atoms. The van der Waals surface area contributed by atoms with Gasteiger partial charge in [-0.05, 0) is 37.3 Å². The number of fused-ring (bicyclic) bond motifs is 1. The third kappa shape index (κ3) is 1.63. The number of hydrogen-bond acceptors (Lipinski definition) is 3. The predicted octanol–water partition coefficient (Wildman–Crippen LogP) is 0.452. The third-order valence-electron chi connectivity index (χ3n) is 4.05. The Morgan fingerprint density at radius 2 is 2.56 bits per heavy atom. The molecule has 1 amide bonds. The maximum atomic E-state index is 11.4. The Morgan fingerprint density at radius 1 is 1.81 bits per heavy atom. The molecule has 3 unspecified atom stereocenters. The van der Waals surface area contributed by atoms with Gasteiger partial charge in [0.25, 0.3) is 0 Å². The lowest BCUT2D eigenvalue weighted by atomic mass is 9.81. The molecule has 88 valence electrons. The first-order chi connectivity index (χ1) is 7.66. The Bertz CT molecular complexity index is 338. The maximum absolute atomic E-state index is 11.4. The van der Waals surface area contributed by atoms with Crippen LogP contribution in [0.5, 0.6) is 0 Å².